The number of amides is 2. The molecule has 0 aliphatic carbocycles. The van der Waals surface area contributed by atoms with Gasteiger partial charge in [0.05, 0.1) is 6.54 Å². The Labute approximate surface area is 164 Å². The number of anilines is 1. The molecule has 0 spiro atoms. The van der Waals surface area contributed by atoms with Crippen LogP contribution in [0.3, 0.4) is 0 Å². The number of piperazine rings is 1. The van der Waals surface area contributed by atoms with Crippen LogP contribution in [0.5, 0.6) is 5.75 Å². The van der Waals surface area contributed by atoms with Crippen LogP contribution in [0.15, 0.2) is 28.8 Å². The van der Waals surface area contributed by atoms with Gasteiger partial charge in [0.2, 0.25) is 5.91 Å². The Morgan fingerprint density at radius 3 is 2.57 bits per heavy atom. The first-order chi connectivity index (χ1) is 13.4. The second kappa shape index (κ2) is 8.88. The molecular weight excluding hydrogens is 360 g/mol. The lowest BCUT2D eigenvalue weighted by atomic mass is 10.1. The van der Waals surface area contributed by atoms with Crippen molar-refractivity contribution in [2.24, 2.45) is 0 Å². The van der Waals surface area contributed by atoms with Gasteiger partial charge in [0.15, 0.2) is 12.4 Å². The number of carbonyl (C=O) groups is 2. The predicted molar refractivity (Wildman–Crippen MR) is 104 cm³/mol. The Hall–Kier alpha value is -2.87. The Balaban J connectivity index is 1.41. The highest BCUT2D eigenvalue weighted by molar-refractivity contribution is 5.91. The van der Waals surface area contributed by atoms with Crippen molar-refractivity contribution in [1.29, 1.82) is 0 Å². The van der Waals surface area contributed by atoms with E-state index in [0.717, 1.165) is 16.9 Å². The van der Waals surface area contributed by atoms with Crippen molar-refractivity contribution in [2.75, 3.05) is 44.6 Å². The van der Waals surface area contributed by atoms with Crippen LogP contribution in [0, 0.1) is 20.8 Å². The van der Waals surface area contributed by atoms with E-state index in [9.17, 15) is 9.59 Å². The van der Waals surface area contributed by atoms with Crippen molar-refractivity contribution in [2.45, 2.75) is 20.8 Å². The second-order valence-corrected chi connectivity index (χ2v) is 7.09. The first-order valence-electron chi connectivity index (χ1n) is 9.34. The summed E-state index contributed by atoms with van der Waals surface area (Å²) in [5.74, 6) is 1.62. The molecule has 8 nitrogen and oxygen atoms in total. The van der Waals surface area contributed by atoms with E-state index in [2.05, 4.69) is 10.5 Å². The van der Waals surface area contributed by atoms with Gasteiger partial charge in [0.1, 0.15) is 11.5 Å². The van der Waals surface area contributed by atoms with E-state index in [0.29, 0.717) is 37.8 Å². The topological polar surface area (TPSA) is 87.9 Å². The van der Waals surface area contributed by atoms with Gasteiger partial charge < -0.3 is 19.5 Å². The number of nitrogens with one attached hydrogen (secondary N) is 1. The molecule has 1 aliphatic heterocycles. The summed E-state index contributed by atoms with van der Waals surface area (Å²) in [6, 6.07) is 7.61. The van der Waals surface area contributed by atoms with Crippen molar-refractivity contribution in [3.05, 3.63) is 41.2 Å². The normalized spacial score (nSPS) is 14.8. The quantitative estimate of drug-likeness (QED) is 0.814. The van der Waals surface area contributed by atoms with E-state index >= 15 is 0 Å². The Kier molecular flexibility index (Phi) is 6.30. The average Bonchev–Trinajstić information content (AvgIpc) is 3.07. The number of nitrogens with zero attached hydrogens (tertiary/aromatic N) is 3. The fraction of sp³-hybridized carbons (Fsp3) is 0.450. The van der Waals surface area contributed by atoms with Crippen LogP contribution in [0.25, 0.3) is 0 Å². The molecule has 150 valence electrons. The molecule has 1 aromatic heterocycles. The van der Waals surface area contributed by atoms with E-state index in [-0.39, 0.29) is 25.0 Å². The number of ether oxygens (including phenoxy) is 1. The largest absolute Gasteiger partial charge is 0.483 e. The van der Waals surface area contributed by atoms with Gasteiger partial charge in [-0.15, -0.1) is 0 Å². The van der Waals surface area contributed by atoms with E-state index in [1.54, 1.807) is 17.9 Å². The minimum absolute atomic E-state index is 0.0241. The number of carbonyl (C=O) groups excluding carboxylic acids is 2. The third-order valence-corrected chi connectivity index (χ3v) is 4.68. The zero-order valence-electron chi connectivity index (χ0n) is 16.5. The number of aryl methyl sites for hydroxylation is 3. The second-order valence-electron chi connectivity index (χ2n) is 7.09. The molecule has 2 amide bonds. The lowest BCUT2D eigenvalue weighted by Gasteiger charge is -2.34. The number of hydrogen-bond acceptors (Lipinski definition) is 6. The van der Waals surface area contributed by atoms with Crippen molar-refractivity contribution >= 4 is 17.6 Å². The Bertz CT molecular complexity index is 840. The van der Waals surface area contributed by atoms with Gasteiger partial charge in [-0.1, -0.05) is 17.3 Å². The maximum atomic E-state index is 12.4. The molecule has 0 unspecified atom stereocenters. The first kappa shape index (κ1) is 19.9. The molecule has 8 heteroatoms. The molecule has 1 N–H and O–H groups in total. The maximum absolute atomic E-state index is 12.4. The summed E-state index contributed by atoms with van der Waals surface area (Å²) in [4.78, 5) is 28.3. The number of hydrogen-bond donors (Lipinski definition) is 1. The molecule has 0 radical (unpaired) electrons. The molecule has 0 bridgehead atoms. The van der Waals surface area contributed by atoms with Gasteiger partial charge in [-0.25, -0.2) is 0 Å². The maximum Gasteiger partial charge on any atom is 0.260 e. The van der Waals surface area contributed by atoms with E-state index in [1.165, 1.54) is 0 Å². The summed E-state index contributed by atoms with van der Waals surface area (Å²) in [5, 5.41) is 6.46. The fourth-order valence-electron chi connectivity index (χ4n) is 3.06. The summed E-state index contributed by atoms with van der Waals surface area (Å²) in [6.45, 7) is 8.43. The Morgan fingerprint density at radius 2 is 1.89 bits per heavy atom. The molecular formula is C20H26N4O4. The summed E-state index contributed by atoms with van der Waals surface area (Å²) in [7, 11) is 0. The minimum Gasteiger partial charge on any atom is -0.483 e. The summed E-state index contributed by atoms with van der Waals surface area (Å²) in [5.41, 5.74) is 2.11. The van der Waals surface area contributed by atoms with Crippen LogP contribution in [0.1, 0.15) is 16.9 Å². The van der Waals surface area contributed by atoms with Crippen molar-refractivity contribution < 1.29 is 18.8 Å². The zero-order valence-corrected chi connectivity index (χ0v) is 16.5. The Morgan fingerprint density at radius 1 is 1.14 bits per heavy atom. The standard InChI is InChI=1S/C20H26N4O4/c1-14-4-5-15(2)17(10-14)27-13-20(26)24-8-6-23(7-9-24)12-19(25)21-18-11-16(3)28-22-18/h4-5,10-11H,6-9,12-13H2,1-3H3,(H,21,22,25). The van der Waals surface area contributed by atoms with E-state index < -0.39 is 0 Å². The molecule has 3 rings (SSSR count). The molecule has 28 heavy (non-hydrogen) atoms. The highest BCUT2D eigenvalue weighted by Crippen LogP contribution is 2.19. The molecule has 0 atom stereocenters. The van der Waals surface area contributed by atoms with Gasteiger partial charge in [0.25, 0.3) is 5.91 Å². The first-order valence-corrected chi connectivity index (χ1v) is 9.34. The zero-order chi connectivity index (χ0) is 20.1. The predicted octanol–water partition coefficient (Wildman–Crippen LogP) is 1.76. The van der Waals surface area contributed by atoms with Crippen LogP contribution < -0.4 is 10.1 Å². The van der Waals surface area contributed by atoms with E-state index in [4.69, 9.17) is 9.26 Å². The number of rotatable bonds is 6. The van der Waals surface area contributed by atoms with Crippen LogP contribution in [0.4, 0.5) is 5.82 Å². The van der Waals surface area contributed by atoms with Crippen LogP contribution >= 0.6 is 0 Å². The molecule has 2 aromatic rings. The molecule has 2 heterocycles. The average molecular weight is 386 g/mol. The minimum atomic E-state index is -0.147. The van der Waals surface area contributed by atoms with E-state index in [1.807, 2.05) is 36.9 Å². The van der Waals surface area contributed by atoms with Crippen molar-refractivity contribution in [3.63, 3.8) is 0 Å². The lowest BCUT2D eigenvalue weighted by molar-refractivity contribution is -0.135. The molecule has 1 aromatic carbocycles. The monoisotopic (exact) mass is 386 g/mol. The molecule has 1 fully saturated rings. The fourth-order valence-corrected chi connectivity index (χ4v) is 3.06. The smallest absolute Gasteiger partial charge is 0.260 e. The van der Waals surface area contributed by atoms with Crippen molar-refractivity contribution in [1.82, 2.24) is 15.0 Å². The molecule has 1 aliphatic rings. The summed E-state index contributed by atoms with van der Waals surface area (Å²) in [6.07, 6.45) is 0. The third-order valence-electron chi connectivity index (χ3n) is 4.68. The van der Waals surface area contributed by atoms with Crippen molar-refractivity contribution in [3.8, 4) is 5.75 Å². The van der Waals surface area contributed by atoms with Gasteiger partial charge in [-0.2, -0.15) is 0 Å². The SMILES string of the molecule is Cc1ccc(C)c(OCC(=O)N2CCN(CC(=O)Nc3cc(C)on3)CC2)c1. The highest BCUT2D eigenvalue weighted by Gasteiger charge is 2.23. The third kappa shape index (κ3) is 5.32. The van der Waals surface area contributed by atoms with Crippen LogP contribution in [-0.2, 0) is 9.59 Å². The lowest BCUT2D eigenvalue weighted by Crippen LogP contribution is -2.51. The molecule has 1 saturated heterocycles. The van der Waals surface area contributed by atoms with Gasteiger partial charge >= 0.3 is 0 Å². The van der Waals surface area contributed by atoms with Gasteiger partial charge in [-0.05, 0) is 38.0 Å². The van der Waals surface area contributed by atoms with Crippen LogP contribution in [-0.4, -0.2) is 66.1 Å². The number of benzene rings is 1. The summed E-state index contributed by atoms with van der Waals surface area (Å²) >= 11 is 0. The van der Waals surface area contributed by atoms with Crippen LogP contribution in [0.2, 0.25) is 0 Å². The summed E-state index contributed by atoms with van der Waals surface area (Å²) < 4.78 is 10.6. The molecule has 0 saturated carbocycles. The number of aromatic nitrogens is 1. The van der Waals surface area contributed by atoms with Gasteiger partial charge in [-0.3, -0.25) is 14.5 Å². The highest BCUT2D eigenvalue weighted by atomic mass is 16.5. The van der Waals surface area contributed by atoms with Gasteiger partial charge in [0, 0.05) is 32.2 Å².